The molecule has 1 heterocycles. The number of halogens is 1. The number of aromatic nitrogens is 2. The van der Waals surface area contributed by atoms with E-state index in [4.69, 9.17) is 16.3 Å². The van der Waals surface area contributed by atoms with E-state index in [9.17, 15) is 4.79 Å². The molecule has 0 aliphatic heterocycles. The summed E-state index contributed by atoms with van der Waals surface area (Å²) in [5, 5.41) is 4.27. The van der Waals surface area contributed by atoms with Crippen molar-refractivity contribution in [3.63, 3.8) is 0 Å². The third kappa shape index (κ3) is 2.63. The first-order valence-corrected chi connectivity index (χ1v) is 6.38. The molecule has 0 aliphatic rings. The Bertz CT molecular complexity index is 665. The summed E-state index contributed by atoms with van der Waals surface area (Å²) in [4.78, 5) is 11.8. The van der Waals surface area contributed by atoms with Gasteiger partial charge in [-0.05, 0) is 25.1 Å². The standard InChI is InChI=1S/C14H15ClN2O2/c1-9-4-5-13(19-3)11(6-9)12-7-10(8-15)14(18)17(2)16-12/h4-7H,8H2,1-3H3. The van der Waals surface area contributed by atoms with Crippen molar-refractivity contribution in [2.45, 2.75) is 12.8 Å². The molecule has 0 spiro atoms. The van der Waals surface area contributed by atoms with Gasteiger partial charge < -0.3 is 4.74 Å². The number of benzene rings is 1. The van der Waals surface area contributed by atoms with Gasteiger partial charge in [0.1, 0.15) is 5.75 Å². The van der Waals surface area contributed by atoms with E-state index in [0.717, 1.165) is 16.9 Å². The molecule has 0 N–H and O–H groups in total. The minimum absolute atomic E-state index is 0.163. The van der Waals surface area contributed by atoms with Crippen molar-refractivity contribution in [3.05, 3.63) is 45.7 Å². The van der Waals surface area contributed by atoms with Crippen molar-refractivity contribution in [1.82, 2.24) is 9.78 Å². The van der Waals surface area contributed by atoms with Gasteiger partial charge in [0, 0.05) is 18.2 Å². The zero-order valence-electron chi connectivity index (χ0n) is 11.1. The van der Waals surface area contributed by atoms with Gasteiger partial charge in [0.05, 0.1) is 18.7 Å². The van der Waals surface area contributed by atoms with Gasteiger partial charge >= 0.3 is 0 Å². The molecule has 0 radical (unpaired) electrons. The Balaban J connectivity index is 2.68. The predicted octanol–water partition coefficient (Wildman–Crippen LogP) is 2.50. The van der Waals surface area contributed by atoms with Crippen LogP contribution in [0.4, 0.5) is 0 Å². The molecule has 0 unspecified atom stereocenters. The van der Waals surface area contributed by atoms with Gasteiger partial charge in [-0.1, -0.05) is 11.6 Å². The Morgan fingerprint density at radius 1 is 1.37 bits per heavy atom. The van der Waals surface area contributed by atoms with Crippen molar-refractivity contribution in [2.75, 3.05) is 7.11 Å². The zero-order valence-corrected chi connectivity index (χ0v) is 11.9. The van der Waals surface area contributed by atoms with E-state index in [0.29, 0.717) is 11.3 Å². The first kappa shape index (κ1) is 13.6. The van der Waals surface area contributed by atoms with E-state index in [1.165, 1.54) is 4.68 Å². The molecule has 5 heteroatoms. The summed E-state index contributed by atoms with van der Waals surface area (Å²) in [6, 6.07) is 7.54. The molecule has 0 fully saturated rings. The predicted molar refractivity (Wildman–Crippen MR) is 75.8 cm³/mol. The van der Waals surface area contributed by atoms with Crippen LogP contribution in [0.1, 0.15) is 11.1 Å². The quantitative estimate of drug-likeness (QED) is 0.811. The van der Waals surface area contributed by atoms with Gasteiger partial charge in [0.25, 0.3) is 5.56 Å². The van der Waals surface area contributed by atoms with Crippen molar-refractivity contribution >= 4 is 11.6 Å². The van der Waals surface area contributed by atoms with Crippen LogP contribution in [-0.4, -0.2) is 16.9 Å². The van der Waals surface area contributed by atoms with Crippen molar-refractivity contribution in [2.24, 2.45) is 7.05 Å². The number of nitrogens with zero attached hydrogens (tertiary/aromatic N) is 2. The highest BCUT2D eigenvalue weighted by molar-refractivity contribution is 6.17. The molecular formula is C14H15ClN2O2. The van der Waals surface area contributed by atoms with Gasteiger partial charge in [-0.2, -0.15) is 5.10 Å². The van der Waals surface area contributed by atoms with E-state index >= 15 is 0 Å². The molecule has 1 aromatic heterocycles. The number of aryl methyl sites for hydroxylation is 2. The van der Waals surface area contributed by atoms with Crippen LogP contribution in [0.2, 0.25) is 0 Å². The summed E-state index contributed by atoms with van der Waals surface area (Å²) in [6.45, 7) is 1.99. The van der Waals surface area contributed by atoms with Crippen molar-refractivity contribution in [3.8, 4) is 17.0 Å². The van der Waals surface area contributed by atoms with Crippen molar-refractivity contribution in [1.29, 1.82) is 0 Å². The lowest BCUT2D eigenvalue weighted by atomic mass is 10.1. The molecule has 0 aliphatic carbocycles. The van der Waals surface area contributed by atoms with Crippen LogP contribution in [-0.2, 0) is 12.9 Å². The zero-order chi connectivity index (χ0) is 14.0. The lowest BCUT2D eigenvalue weighted by Gasteiger charge is -2.10. The van der Waals surface area contributed by atoms with Crippen LogP contribution in [0.25, 0.3) is 11.3 Å². The molecule has 2 aromatic rings. The minimum atomic E-state index is -0.176. The Morgan fingerprint density at radius 2 is 2.11 bits per heavy atom. The van der Waals surface area contributed by atoms with E-state index < -0.39 is 0 Å². The van der Waals surface area contributed by atoms with Gasteiger partial charge in [-0.3, -0.25) is 4.79 Å². The molecule has 4 nitrogen and oxygen atoms in total. The molecule has 0 amide bonds. The summed E-state index contributed by atoms with van der Waals surface area (Å²) in [7, 11) is 3.22. The Kier molecular flexibility index (Phi) is 3.90. The SMILES string of the molecule is COc1ccc(C)cc1-c1cc(CCl)c(=O)n(C)n1. The van der Waals surface area contributed by atoms with Gasteiger partial charge in [0.15, 0.2) is 0 Å². The maximum absolute atomic E-state index is 11.8. The molecular weight excluding hydrogens is 264 g/mol. The highest BCUT2D eigenvalue weighted by Crippen LogP contribution is 2.29. The van der Waals surface area contributed by atoms with E-state index in [1.807, 2.05) is 25.1 Å². The number of ether oxygens (including phenoxy) is 1. The Hall–Kier alpha value is -1.81. The molecule has 1 aromatic carbocycles. The number of hydrogen-bond acceptors (Lipinski definition) is 3. The van der Waals surface area contributed by atoms with E-state index in [-0.39, 0.29) is 11.4 Å². The smallest absolute Gasteiger partial charge is 0.270 e. The normalized spacial score (nSPS) is 10.5. The third-order valence-electron chi connectivity index (χ3n) is 2.91. The highest BCUT2D eigenvalue weighted by atomic mass is 35.5. The van der Waals surface area contributed by atoms with Crippen molar-refractivity contribution < 1.29 is 4.74 Å². The summed E-state index contributed by atoms with van der Waals surface area (Å²) in [6.07, 6.45) is 0. The van der Waals surface area contributed by atoms with Crippen LogP contribution >= 0.6 is 11.6 Å². The molecule has 0 atom stereocenters. The van der Waals surface area contributed by atoms with Gasteiger partial charge in [-0.15, -0.1) is 11.6 Å². The Morgan fingerprint density at radius 3 is 2.74 bits per heavy atom. The van der Waals surface area contributed by atoms with Gasteiger partial charge in [-0.25, -0.2) is 4.68 Å². The average Bonchev–Trinajstić information content (AvgIpc) is 2.41. The van der Waals surface area contributed by atoms with E-state index in [1.54, 1.807) is 20.2 Å². The molecule has 0 bridgehead atoms. The monoisotopic (exact) mass is 278 g/mol. The molecule has 0 saturated heterocycles. The number of rotatable bonds is 3. The fraction of sp³-hybridized carbons (Fsp3) is 0.286. The molecule has 0 saturated carbocycles. The van der Waals surface area contributed by atoms with Crippen LogP contribution < -0.4 is 10.3 Å². The highest BCUT2D eigenvalue weighted by Gasteiger charge is 2.11. The first-order valence-electron chi connectivity index (χ1n) is 5.85. The summed E-state index contributed by atoms with van der Waals surface area (Å²) in [5.74, 6) is 0.883. The summed E-state index contributed by atoms with van der Waals surface area (Å²) < 4.78 is 6.64. The topological polar surface area (TPSA) is 44.1 Å². The maximum Gasteiger partial charge on any atom is 0.270 e. The molecule has 2 rings (SSSR count). The fourth-order valence-electron chi connectivity index (χ4n) is 1.92. The van der Waals surface area contributed by atoms with Crippen LogP contribution in [0, 0.1) is 6.92 Å². The number of alkyl halides is 1. The third-order valence-corrected chi connectivity index (χ3v) is 3.20. The van der Waals surface area contributed by atoms with Crippen LogP contribution in [0.3, 0.4) is 0 Å². The van der Waals surface area contributed by atoms with E-state index in [2.05, 4.69) is 5.10 Å². The summed E-state index contributed by atoms with van der Waals surface area (Å²) >= 11 is 5.80. The first-order chi connectivity index (χ1) is 9.06. The number of hydrogen-bond donors (Lipinski definition) is 0. The Labute approximate surface area is 116 Å². The lowest BCUT2D eigenvalue weighted by Crippen LogP contribution is -2.23. The second-order valence-electron chi connectivity index (χ2n) is 4.32. The largest absolute Gasteiger partial charge is 0.496 e. The average molecular weight is 279 g/mol. The lowest BCUT2D eigenvalue weighted by molar-refractivity contribution is 0.416. The van der Waals surface area contributed by atoms with Gasteiger partial charge in [0.2, 0.25) is 0 Å². The second kappa shape index (κ2) is 5.45. The molecule has 100 valence electrons. The molecule has 19 heavy (non-hydrogen) atoms. The van der Waals surface area contributed by atoms with Crippen LogP contribution in [0.15, 0.2) is 29.1 Å². The second-order valence-corrected chi connectivity index (χ2v) is 4.59. The number of methoxy groups -OCH3 is 1. The van der Waals surface area contributed by atoms with Crippen LogP contribution in [0.5, 0.6) is 5.75 Å². The fourth-order valence-corrected chi connectivity index (χ4v) is 2.11. The maximum atomic E-state index is 11.8. The minimum Gasteiger partial charge on any atom is -0.496 e. The summed E-state index contributed by atoms with van der Waals surface area (Å²) in [5.41, 5.74) is 2.98.